The maximum Gasteiger partial charge on any atom is 0.161 e. The van der Waals surface area contributed by atoms with Crippen LogP contribution in [0.4, 0.5) is 0 Å². The standard InChI is InChI=1S/C22H23NO3/c1-23-14-19(17-7-6-15-4-2-3-5-16(15)12-17)22(24)18-8-9-20-21(13-18)26-11-10-25-20/h2-9,12-13,19,22-24H,10-11,14H2,1H3. The van der Waals surface area contributed by atoms with Gasteiger partial charge in [0.05, 0.1) is 6.10 Å². The van der Waals surface area contributed by atoms with E-state index in [0.717, 1.165) is 16.9 Å². The van der Waals surface area contributed by atoms with E-state index >= 15 is 0 Å². The summed E-state index contributed by atoms with van der Waals surface area (Å²) in [5, 5.41) is 16.7. The van der Waals surface area contributed by atoms with E-state index in [1.54, 1.807) is 0 Å². The summed E-state index contributed by atoms with van der Waals surface area (Å²) in [6, 6.07) is 20.4. The molecule has 0 bridgehead atoms. The van der Waals surface area contributed by atoms with Gasteiger partial charge < -0.3 is 19.9 Å². The second-order valence-electron chi connectivity index (χ2n) is 6.62. The van der Waals surface area contributed by atoms with Crippen LogP contribution in [0.25, 0.3) is 10.8 Å². The highest BCUT2D eigenvalue weighted by Gasteiger charge is 2.24. The second-order valence-corrected chi connectivity index (χ2v) is 6.62. The van der Waals surface area contributed by atoms with E-state index in [0.29, 0.717) is 25.5 Å². The van der Waals surface area contributed by atoms with E-state index in [2.05, 4.69) is 35.6 Å². The molecule has 26 heavy (non-hydrogen) atoms. The fourth-order valence-electron chi connectivity index (χ4n) is 3.55. The quantitative estimate of drug-likeness (QED) is 0.738. The van der Waals surface area contributed by atoms with Crippen LogP contribution in [0.3, 0.4) is 0 Å². The van der Waals surface area contributed by atoms with Crippen LogP contribution in [-0.2, 0) is 0 Å². The first-order valence-electron chi connectivity index (χ1n) is 8.97. The first-order valence-corrected chi connectivity index (χ1v) is 8.97. The van der Waals surface area contributed by atoms with Crippen molar-refractivity contribution in [2.24, 2.45) is 0 Å². The zero-order valence-corrected chi connectivity index (χ0v) is 14.8. The summed E-state index contributed by atoms with van der Waals surface area (Å²) in [5.74, 6) is 1.38. The third-order valence-electron chi connectivity index (χ3n) is 4.91. The minimum absolute atomic E-state index is 0.0628. The maximum atomic E-state index is 11.1. The molecule has 3 aromatic rings. The van der Waals surface area contributed by atoms with Gasteiger partial charge in [0.25, 0.3) is 0 Å². The largest absolute Gasteiger partial charge is 0.486 e. The van der Waals surface area contributed by atoms with Gasteiger partial charge in [-0.1, -0.05) is 48.5 Å². The van der Waals surface area contributed by atoms with E-state index in [1.807, 2.05) is 37.4 Å². The Labute approximate surface area is 153 Å². The lowest BCUT2D eigenvalue weighted by atomic mass is 9.87. The predicted octanol–water partition coefficient (Wildman–Crippen LogP) is 3.65. The summed E-state index contributed by atoms with van der Waals surface area (Å²) in [5.41, 5.74) is 1.95. The maximum absolute atomic E-state index is 11.1. The Bertz CT molecular complexity index is 909. The van der Waals surface area contributed by atoms with Gasteiger partial charge in [-0.05, 0) is 41.1 Å². The Morgan fingerprint density at radius 2 is 1.62 bits per heavy atom. The molecule has 0 radical (unpaired) electrons. The highest BCUT2D eigenvalue weighted by Crippen LogP contribution is 2.37. The van der Waals surface area contributed by atoms with Gasteiger partial charge in [-0.15, -0.1) is 0 Å². The number of benzene rings is 3. The van der Waals surface area contributed by atoms with Crippen LogP contribution < -0.4 is 14.8 Å². The normalized spacial score (nSPS) is 15.6. The fraction of sp³-hybridized carbons (Fsp3) is 0.273. The molecule has 134 valence electrons. The fourth-order valence-corrected chi connectivity index (χ4v) is 3.55. The van der Waals surface area contributed by atoms with Gasteiger partial charge >= 0.3 is 0 Å². The van der Waals surface area contributed by atoms with Crippen molar-refractivity contribution >= 4 is 10.8 Å². The number of fused-ring (bicyclic) bond motifs is 2. The number of aliphatic hydroxyl groups excluding tert-OH is 1. The van der Waals surface area contributed by atoms with Crippen LogP contribution in [0.5, 0.6) is 11.5 Å². The number of likely N-dealkylation sites (N-methyl/N-ethyl adjacent to an activating group) is 1. The summed E-state index contributed by atoms with van der Waals surface area (Å²) >= 11 is 0. The second kappa shape index (κ2) is 7.36. The number of nitrogens with one attached hydrogen (secondary N) is 1. The molecule has 3 aromatic carbocycles. The van der Waals surface area contributed by atoms with Gasteiger partial charge in [0.1, 0.15) is 13.2 Å². The Hall–Kier alpha value is -2.56. The minimum atomic E-state index is -0.639. The van der Waals surface area contributed by atoms with E-state index in [4.69, 9.17) is 9.47 Å². The van der Waals surface area contributed by atoms with Gasteiger partial charge in [0.2, 0.25) is 0 Å². The number of aliphatic hydroxyl groups is 1. The molecule has 4 heteroatoms. The molecular formula is C22H23NO3. The molecule has 2 unspecified atom stereocenters. The van der Waals surface area contributed by atoms with E-state index < -0.39 is 6.10 Å². The molecule has 0 spiro atoms. The molecule has 0 aromatic heterocycles. The first-order chi connectivity index (χ1) is 12.8. The molecule has 2 N–H and O–H groups in total. The third kappa shape index (κ3) is 3.26. The number of rotatable bonds is 5. The predicted molar refractivity (Wildman–Crippen MR) is 103 cm³/mol. The van der Waals surface area contributed by atoms with Crippen LogP contribution in [0.1, 0.15) is 23.1 Å². The summed E-state index contributed by atoms with van der Waals surface area (Å²) < 4.78 is 11.2. The van der Waals surface area contributed by atoms with Crippen molar-refractivity contribution in [1.29, 1.82) is 0 Å². The molecule has 1 aliphatic rings. The van der Waals surface area contributed by atoms with Crippen molar-refractivity contribution < 1.29 is 14.6 Å². The Balaban J connectivity index is 1.68. The van der Waals surface area contributed by atoms with Crippen molar-refractivity contribution in [3.63, 3.8) is 0 Å². The zero-order valence-electron chi connectivity index (χ0n) is 14.8. The molecule has 0 amide bonds. The Morgan fingerprint density at radius 3 is 2.42 bits per heavy atom. The lowest BCUT2D eigenvalue weighted by molar-refractivity contribution is 0.141. The van der Waals surface area contributed by atoms with E-state index in [1.165, 1.54) is 10.8 Å². The molecule has 0 saturated carbocycles. The Morgan fingerprint density at radius 1 is 0.885 bits per heavy atom. The highest BCUT2D eigenvalue weighted by molar-refractivity contribution is 5.83. The molecule has 0 aliphatic carbocycles. The van der Waals surface area contributed by atoms with Crippen LogP contribution in [0.2, 0.25) is 0 Å². The van der Waals surface area contributed by atoms with Crippen molar-refractivity contribution in [1.82, 2.24) is 5.32 Å². The molecule has 0 fully saturated rings. The van der Waals surface area contributed by atoms with E-state index in [-0.39, 0.29) is 5.92 Å². The Kier molecular flexibility index (Phi) is 4.78. The van der Waals surface area contributed by atoms with Crippen LogP contribution in [-0.4, -0.2) is 31.9 Å². The number of ether oxygens (including phenoxy) is 2. The van der Waals surface area contributed by atoms with Crippen molar-refractivity contribution in [2.45, 2.75) is 12.0 Å². The first kappa shape index (κ1) is 16.9. The molecule has 0 saturated heterocycles. The van der Waals surface area contributed by atoms with Crippen molar-refractivity contribution in [2.75, 3.05) is 26.8 Å². The van der Waals surface area contributed by atoms with Crippen LogP contribution >= 0.6 is 0 Å². The molecule has 1 heterocycles. The smallest absolute Gasteiger partial charge is 0.161 e. The lowest BCUT2D eigenvalue weighted by Gasteiger charge is -2.26. The summed E-state index contributed by atoms with van der Waals surface area (Å²) in [4.78, 5) is 0. The lowest BCUT2D eigenvalue weighted by Crippen LogP contribution is -2.23. The van der Waals surface area contributed by atoms with Gasteiger partial charge in [0.15, 0.2) is 11.5 Å². The van der Waals surface area contributed by atoms with Gasteiger partial charge in [-0.3, -0.25) is 0 Å². The zero-order chi connectivity index (χ0) is 17.9. The monoisotopic (exact) mass is 349 g/mol. The third-order valence-corrected chi connectivity index (χ3v) is 4.91. The van der Waals surface area contributed by atoms with Crippen LogP contribution in [0.15, 0.2) is 60.7 Å². The van der Waals surface area contributed by atoms with Gasteiger partial charge in [-0.25, -0.2) is 0 Å². The molecule has 4 nitrogen and oxygen atoms in total. The van der Waals surface area contributed by atoms with Gasteiger partial charge in [0, 0.05) is 12.5 Å². The molecular weight excluding hydrogens is 326 g/mol. The van der Waals surface area contributed by atoms with Gasteiger partial charge in [-0.2, -0.15) is 0 Å². The molecule has 2 atom stereocenters. The van der Waals surface area contributed by atoms with Crippen molar-refractivity contribution in [3.8, 4) is 11.5 Å². The SMILES string of the molecule is CNCC(c1ccc2ccccc2c1)C(O)c1ccc2c(c1)OCCO2. The van der Waals surface area contributed by atoms with E-state index in [9.17, 15) is 5.11 Å². The summed E-state index contributed by atoms with van der Waals surface area (Å²) in [6.07, 6.45) is -0.639. The average Bonchev–Trinajstić information content (AvgIpc) is 2.71. The molecule has 4 rings (SSSR count). The topological polar surface area (TPSA) is 50.7 Å². The van der Waals surface area contributed by atoms with Crippen molar-refractivity contribution in [3.05, 3.63) is 71.8 Å². The highest BCUT2D eigenvalue weighted by atomic mass is 16.6. The minimum Gasteiger partial charge on any atom is -0.486 e. The number of hydrogen-bond acceptors (Lipinski definition) is 4. The number of hydrogen-bond donors (Lipinski definition) is 2. The average molecular weight is 349 g/mol. The summed E-state index contributed by atoms with van der Waals surface area (Å²) in [6.45, 7) is 1.78. The van der Waals surface area contributed by atoms with Crippen LogP contribution in [0, 0.1) is 0 Å². The summed E-state index contributed by atoms with van der Waals surface area (Å²) in [7, 11) is 1.91. The molecule has 1 aliphatic heterocycles.